The molecule has 3 N–H and O–H groups in total. The molecule has 1 aromatic heterocycles. The number of benzene rings is 2. The summed E-state index contributed by atoms with van der Waals surface area (Å²) < 4.78 is 37.8. The van der Waals surface area contributed by atoms with E-state index in [1.807, 2.05) is 0 Å². The number of hydrogen-bond acceptors (Lipinski definition) is 12. The third kappa shape index (κ3) is 5.17. The van der Waals surface area contributed by atoms with Gasteiger partial charge in [0, 0.05) is 5.56 Å². The summed E-state index contributed by atoms with van der Waals surface area (Å²) in [6.45, 7) is -0.490. The van der Waals surface area contributed by atoms with E-state index in [1.165, 1.54) is 45.8 Å². The Morgan fingerprint density at radius 2 is 1.91 bits per heavy atom. The first-order valence-electron chi connectivity index (χ1n) is 8.98. The van der Waals surface area contributed by atoms with Crippen LogP contribution in [-0.4, -0.2) is 41.5 Å². The van der Waals surface area contributed by atoms with E-state index in [0.717, 1.165) is 0 Å². The molecule has 11 nitrogen and oxygen atoms in total. The van der Waals surface area contributed by atoms with Crippen molar-refractivity contribution in [2.75, 3.05) is 16.8 Å². The number of hydrazine groups is 2. The number of aromatic nitrogens is 1. The van der Waals surface area contributed by atoms with Crippen LogP contribution in [-0.2, 0) is 14.9 Å². The molecule has 0 atom stereocenters. The van der Waals surface area contributed by atoms with E-state index >= 15 is 0 Å². The number of nitrogens with zero attached hydrogens (tertiary/aromatic N) is 4. The van der Waals surface area contributed by atoms with Gasteiger partial charge < -0.3 is 9.84 Å². The molecule has 3 aromatic rings. The van der Waals surface area contributed by atoms with Crippen molar-refractivity contribution in [1.29, 1.82) is 0 Å². The number of ether oxygens (including phenoxy) is 1. The molecule has 0 bridgehead atoms. The summed E-state index contributed by atoms with van der Waals surface area (Å²) >= 11 is 9.83. The first-order chi connectivity index (χ1) is 15.6. The van der Waals surface area contributed by atoms with E-state index in [2.05, 4.69) is 40.8 Å². The van der Waals surface area contributed by atoms with Crippen LogP contribution in [0, 0.1) is 0 Å². The molecular formula is C18H15N5O6S4. The van der Waals surface area contributed by atoms with Gasteiger partial charge in [-0.05, 0) is 36.4 Å². The number of hydrazone groups is 1. The molecular weight excluding hydrogens is 510 g/mol. The highest BCUT2D eigenvalue weighted by atomic mass is 32.2. The lowest BCUT2D eigenvalue weighted by Crippen LogP contribution is -2.44. The normalized spacial score (nSPS) is 13.6. The molecule has 0 radical (unpaired) electrons. The van der Waals surface area contributed by atoms with Gasteiger partial charge in [-0.25, -0.2) is 9.78 Å². The molecule has 1 aliphatic heterocycles. The van der Waals surface area contributed by atoms with E-state index in [0.29, 0.717) is 37.2 Å². The number of hydrogen-bond donors (Lipinski definition) is 5. The van der Waals surface area contributed by atoms with Gasteiger partial charge in [0.15, 0.2) is 12.4 Å². The fraction of sp³-hybridized carbons (Fsp3) is 0.0556. The number of nitrogens with one attached hydrogen (secondary N) is 1. The topological polar surface area (TPSA) is 145 Å². The van der Waals surface area contributed by atoms with E-state index in [4.69, 9.17) is 9.84 Å². The summed E-state index contributed by atoms with van der Waals surface area (Å²) in [6.07, 6.45) is 0. The van der Waals surface area contributed by atoms with Gasteiger partial charge in [0.1, 0.15) is 10.8 Å². The van der Waals surface area contributed by atoms with Gasteiger partial charge in [-0.3, -0.25) is 9.98 Å². The zero-order valence-corrected chi connectivity index (χ0v) is 19.8. The van der Waals surface area contributed by atoms with Crippen LogP contribution in [0.4, 0.5) is 10.8 Å². The van der Waals surface area contributed by atoms with E-state index in [-0.39, 0.29) is 4.90 Å². The quantitative estimate of drug-likeness (QED) is 0.230. The third-order valence-electron chi connectivity index (χ3n) is 4.19. The average Bonchev–Trinajstić information content (AvgIpc) is 3.36. The van der Waals surface area contributed by atoms with Crippen LogP contribution in [0.15, 0.2) is 67.8 Å². The highest BCUT2D eigenvalue weighted by Gasteiger charge is 2.29. The second-order valence-electron chi connectivity index (χ2n) is 6.47. The molecule has 0 fully saturated rings. The molecule has 0 aliphatic carbocycles. The maximum atomic E-state index is 11.4. The number of thiazole rings is 1. The van der Waals surface area contributed by atoms with Crippen LogP contribution in [0.5, 0.6) is 5.75 Å². The number of carboxylic acids is 1. The van der Waals surface area contributed by atoms with Gasteiger partial charge in [-0.15, -0.1) is 40.6 Å². The molecule has 2 heterocycles. The Kier molecular flexibility index (Phi) is 6.40. The first-order valence-corrected chi connectivity index (χ1v) is 12.1. The van der Waals surface area contributed by atoms with Crippen LogP contribution in [0.1, 0.15) is 5.56 Å². The van der Waals surface area contributed by atoms with Gasteiger partial charge in [0.05, 0.1) is 14.8 Å². The SMILES string of the molecule is O=C(O)COc1cccc(C2=NN(c3ccc(S(=O)(=O)O)cc3)N(c3nc(S)c(S)s3)N2)c1. The van der Waals surface area contributed by atoms with E-state index < -0.39 is 22.7 Å². The maximum Gasteiger partial charge on any atom is 0.341 e. The van der Waals surface area contributed by atoms with Crippen molar-refractivity contribution in [1.82, 2.24) is 10.4 Å². The monoisotopic (exact) mass is 525 g/mol. The molecule has 0 unspecified atom stereocenters. The Balaban J connectivity index is 1.71. The van der Waals surface area contributed by atoms with Gasteiger partial charge in [-0.1, -0.05) is 23.5 Å². The van der Waals surface area contributed by atoms with E-state index in [1.54, 1.807) is 24.3 Å². The Morgan fingerprint density at radius 3 is 2.52 bits per heavy atom. The highest BCUT2D eigenvalue weighted by molar-refractivity contribution is 7.86. The summed E-state index contributed by atoms with van der Waals surface area (Å²) in [5.74, 6) is -0.381. The van der Waals surface area contributed by atoms with Crippen molar-refractivity contribution in [2.24, 2.45) is 5.10 Å². The molecule has 0 spiro atoms. The minimum Gasteiger partial charge on any atom is -0.482 e. The smallest absolute Gasteiger partial charge is 0.341 e. The Morgan fingerprint density at radius 1 is 1.18 bits per heavy atom. The van der Waals surface area contributed by atoms with Crippen molar-refractivity contribution >= 4 is 69.3 Å². The molecule has 4 rings (SSSR count). The lowest BCUT2D eigenvalue weighted by molar-refractivity contribution is -0.139. The predicted octanol–water partition coefficient (Wildman–Crippen LogP) is 2.54. The van der Waals surface area contributed by atoms with Crippen LogP contribution in [0.2, 0.25) is 0 Å². The van der Waals surface area contributed by atoms with Crippen molar-refractivity contribution in [3.63, 3.8) is 0 Å². The number of carbonyl (C=O) groups is 1. The van der Waals surface area contributed by atoms with Crippen molar-refractivity contribution < 1.29 is 27.6 Å². The zero-order valence-electron chi connectivity index (χ0n) is 16.4. The number of rotatable bonds is 7. The predicted molar refractivity (Wildman–Crippen MR) is 127 cm³/mol. The third-order valence-corrected chi connectivity index (χ3v) is 7.03. The molecule has 0 saturated carbocycles. The Bertz CT molecular complexity index is 1320. The number of aliphatic carboxylic acids is 1. The van der Waals surface area contributed by atoms with Crippen molar-refractivity contribution in [3.8, 4) is 5.75 Å². The molecule has 33 heavy (non-hydrogen) atoms. The zero-order chi connectivity index (χ0) is 23.8. The first kappa shape index (κ1) is 23.2. The summed E-state index contributed by atoms with van der Waals surface area (Å²) in [6, 6.07) is 12.1. The van der Waals surface area contributed by atoms with E-state index in [9.17, 15) is 17.8 Å². The van der Waals surface area contributed by atoms with Crippen LogP contribution in [0.25, 0.3) is 0 Å². The second kappa shape index (κ2) is 9.11. The second-order valence-corrected chi connectivity index (χ2v) is 10.0. The summed E-state index contributed by atoms with van der Waals surface area (Å²) in [4.78, 5) is 14.9. The Labute approximate surface area is 202 Å². The summed E-state index contributed by atoms with van der Waals surface area (Å²) in [5, 5.41) is 17.2. The molecule has 172 valence electrons. The van der Waals surface area contributed by atoms with Gasteiger partial charge in [0.25, 0.3) is 10.1 Å². The highest BCUT2D eigenvalue weighted by Crippen LogP contribution is 2.34. The minimum atomic E-state index is -4.35. The minimum absolute atomic E-state index is 0.262. The number of amidine groups is 1. The van der Waals surface area contributed by atoms with Crippen molar-refractivity contribution in [2.45, 2.75) is 14.1 Å². The van der Waals surface area contributed by atoms with Crippen LogP contribution >= 0.6 is 36.6 Å². The molecule has 1 aliphatic rings. The lowest BCUT2D eigenvalue weighted by Gasteiger charge is -2.25. The van der Waals surface area contributed by atoms with Crippen LogP contribution < -0.4 is 20.4 Å². The number of thiol groups is 2. The fourth-order valence-corrected chi connectivity index (χ4v) is 4.48. The maximum absolute atomic E-state index is 11.4. The molecule has 15 heteroatoms. The van der Waals surface area contributed by atoms with Gasteiger partial charge >= 0.3 is 5.97 Å². The van der Waals surface area contributed by atoms with Gasteiger partial charge in [0.2, 0.25) is 5.13 Å². The fourth-order valence-electron chi connectivity index (χ4n) is 2.75. The average molecular weight is 526 g/mol. The lowest BCUT2D eigenvalue weighted by atomic mass is 10.2. The summed E-state index contributed by atoms with van der Waals surface area (Å²) in [7, 11) is -4.35. The van der Waals surface area contributed by atoms with Crippen molar-refractivity contribution in [3.05, 3.63) is 54.1 Å². The number of anilines is 2. The largest absolute Gasteiger partial charge is 0.482 e. The molecule has 2 aromatic carbocycles. The van der Waals surface area contributed by atoms with Gasteiger partial charge in [-0.2, -0.15) is 8.42 Å². The Hall–Kier alpha value is -2.98. The van der Waals surface area contributed by atoms with Crippen LogP contribution in [0.3, 0.4) is 0 Å². The molecule has 0 saturated heterocycles. The molecule has 0 amide bonds. The standard InChI is InChI=1S/C18H15N5O6S4/c24-14(25)9-29-12-3-1-2-10(8-12)15-20-22(11-4-6-13(7-5-11)33(26,27)28)23(21-15)18-19-16(30)17(31)32-18/h1-8,30-31H,9H2,(H,20,21)(H,24,25)(H,26,27,28). The summed E-state index contributed by atoms with van der Waals surface area (Å²) in [5.41, 5.74) is 4.15. The number of carboxylic acid groups (broad SMARTS) is 1.